The van der Waals surface area contributed by atoms with Crippen molar-refractivity contribution >= 4 is 11.9 Å². The van der Waals surface area contributed by atoms with Crippen LogP contribution in [0.3, 0.4) is 0 Å². The van der Waals surface area contributed by atoms with E-state index < -0.39 is 5.54 Å². The minimum absolute atomic E-state index is 0.0173. The van der Waals surface area contributed by atoms with E-state index in [4.69, 9.17) is 0 Å². The van der Waals surface area contributed by atoms with Crippen LogP contribution in [0.5, 0.6) is 0 Å². The Balaban J connectivity index is 1.47. The summed E-state index contributed by atoms with van der Waals surface area (Å²) in [6.45, 7) is 3.23. The fourth-order valence-electron chi connectivity index (χ4n) is 3.97. The number of fused-ring (bicyclic) bond motifs is 1. The fraction of sp³-hybridized carbons (Fsp3) is 0.529. The van der Waals surface area contributed by atoms with Gasteiger partial charge in [0.1, 0.15) is 5.54 Å². The van der Waals surface area contributed by atoms with Crippen LogP contribution < -0.4 is 0 Å². The van der Waals surface area contributed by atoms with Gasteiger partial charge >= 0.3 is 6.03 Å². The van der Waals surface area contributed by atoms with Crippen molar-refractivity contribution in [2.45, 2.75) is 37.6 Å². The highest BCUT2D eigenvalue weighted by Gasteiger charge is 2.57. The molecule has 1 aliphatic carbocycles. The van der Waals surface area contributed by atoms with E-state index in [1.54, 1.807) is 4.90 Å². The second kappa shape index (κ2) is 4.33. The number of benzene rings is 1. The summed E-state index contributed by atoms with van der Waals surface area (Å²) in [6.07, 6.45) is 2.83. The second-order valence-electron chi connectivity index (χ2n) is 6.74. The van der Waals surface area contributed by atoms with Crippen LogP contribution in [-0.4, -0.2) is 40.4 Å². The van der Waals surface area contributed by atoms with E-state index >= 15 is 0 Å². The third-order valence-corrected chi connectivity index (χ3v) is 5.38. The van der Waals surface area contributed by atoms with Gasteiger partial charge in [-0.15, -0.1) is 0 Å². The summed E-state index contributed by atoms with van der Waals surface area (Å²) in [4.78, 5) is 28.3. The first-order chi connectivity index (χ1) is 10.1. The lowest BCUT2D eigenvalue weighted by molar-refractivity contribution is -0.132. The molecule has 4 rings (SSSR count). The number of imide groups is 1. The first-order valence-electron chi connectivity index (χ1n) is 7.80. The van der Waals surface area contributed by atoms with Gasteiger partial charge in [-0.25, -0.2) is 4.79 Å². The Morgan fingerprint density at radius 1 is 1.24 bits per heavy atom. The van der Waals surface area contributed by atoms with E-state index in [-0.39, 0.29) is 11.9 Å². The van der Waals surface area contributed by atoms with Gasteiger partial charge in [-0.3, -0.25) is 9.69 Å². The third kappa shape index (κ3) is 1.81. The fourth-order valence-corrected chi connectivity index (χ4v) is 3.97. The molecule has 2 heterocycles. The molecule has 21 heavy (non-hydrogen) atoms. The zero-order valence-corrected chi connectivity index (χ0v) is 12.3. The SMILES string of the molecule is C[C@]12CCCN1C(=O)N(C[C@@H]1C[C@@H]1c1ccccc1)C2=O. The van der Waals surface area contributed by atoms with Gasteiger partial charge < -0.3 is 4.90 Å². The van der Waals surface area contributed by atoms with Crippen molar-refractivity contribution in [3.05, 3.63) is 35.9 Å². The Labute approximate surface area is 124 Å². The number of nitrogens with zero attached hydrogens (tertiary/aromatic N) is 2. The molecule has 1 aromatic rings. The van der Waals surface area contributed by atoms with E-state index in [9.17, 15) is 9.59 Å². The monoisotopic (exact) mass is 284 g/mol. The van der Waals surface area contributed by atoms with E-state index in [1.165, 1.54) is 10.5 Å². The molecule has 1 aromatic carbocycles. The molecule has 0 unspecified atom stereocenters. The van der Waals surface area contributed by atoms with E-state index in [1.807, 2.05) is 25.1 Å². The highest BCUT2D eigenvalue weighted by molar-refractivity contribution is 6.07. The lowest BCUT2D eigenvalue weighted by Crippen LogP contribution is -2.41. The Bertz CT molecular complexity index is 600. The van der Waals surface area contributed by atoms with Crippen LogP contribution in [0.2, 0.25) is 0 Å². The summed E-state index contributed by atoms with van der Waals surface area (Å²) in [5, 5.41) is 0. The third-order valence-electron chi connectivity index (χ3n) is 5.38. The number of carbonyl (C=O) groups is 2. The summed E-state index contributed by atoms with van der Waals surface area (Å²) in [5.41, 5.74) is 0.766. The number of rotatable bonds is 3. The molecule has 3 atom stereocenters. The molecule has 0 spiro atoms. The first kappa shape index (κ1) is 12.9. The Hall–Kier alpha value is -1.84. The molecule has 0 aromatic heterocycles. The highest BCUT2D eigenvalue weighted by Crippen LogP contribution is 2.49. The predicted octanol–water partition coefficient (Wildman–Crippen LogP) is 2.61. The molecule has 0 radical (unpaired) electrons. The maximum Gasteiger partial charge on any atom is 0.327 e. The number of hydrogen-bond acceptors (Lipinski definition) is 2. The zero-order chi connectivity index (χ0) is 14.6. The van der Waals surface area contributed by atoms with Crippen molar-refractivity contribution in [3.8, 4) is 0 Å². The topological polar surface area (TPSA) is 40.6 Å². The number of carbonyl (C=O) groups excluding carboxylic acids is 2. The standard InChI is InChI=1S/C17H20N2O2/c1-17-8-5-9-19(17)16(21)18(15(17)20)11-13-10-14(13)12-6-3-2-4-7-12/h2-4,6-7,13-14H,5,8-11H2,1H3/t13-,14+,17+/m0/s1. The molecule has 3 fully saturated rings. The smallest absolute Gasteiger partial charge is 0.310 e. The van der Waals surface area contributed by atoms with Gasteiger partial charge in [-0.1, -0.05) is 30.3 Å². The maximum absolute atomic E-state index is 12.6. The van der Waals surface area contributed by atoms with Gasteiger partial charge in [0.05, 0.1) is 0 Å². The van der Waals surface area contributed by atoms with Crippen molar-refractivity contribution in [2.24, 2.45) is 5.92 Å². The maximum atomic E-state index is 12.6. The molecule has 3 aliphatic rings. The Morgan fingerprint density at radius 2 is 2.00 bits per heavy atom. The van der Waals surface area contributed by atoms with Gasteiger partial charge in [-0.2, -0.15) is 0 Å². The largest absolute Gasteiger partial charge is 0.327 e. The summed E-state index contributed by atoms with van der Waals surface area (Å²) in [5.74, 6) is 0.961. The van der Waals surface area contributed by atoms with E-state index in [0.29, 0.717) is 18.4 Å². The zero-order valence-electron chi connectivity index (χ0n) is 12.3. The molecule has 4 heteroatoms. The summed E-state index contributed by atoms with van der Waals surface area (Å²) in [7, 11) is 0. The van der Waals surface area contributed by atoms with Crippen LogP contribution in [0.1, 0.15) is 37.7 Å². The van der Waals surface area contributed by atoms with Crippen LogP contribution in [0.25, 0.3) is 0 Å². The van der Waals surface area contributed by atoms with Gasteiger partial charge in [0, 0.05) is 13.1 Å². The van der Waals surface area contributed by atoms with Gasteiger partial charge in [0.25, 0.3) is 5.91 Å². The molecular weight excluding hydrogens is 264 g/mol. The molecule has 1 saturated carbocycles. The number of hydrogen-bond donors (Lipinski definition) is 0. The predicted molar refractivity (Wildman–Crippen MR) is 78.7 cm³/mol. The molecule has 110 valence electrons. The van der Waals surface area contributed by atoms with Crippen LogP contribution in [0.15, 0.2) is 30.3 Å². The Morgan fingerprint density at radius 3 is 2.71 bits per heavy atom. The molecule has 2 aliphatic heterocycles. The summed E-state index contributed by atoms with van der Waals surface area (Å²) in [6, 6.07) is 10.3. The molecule has 2 saturated heterocycles. The van der Waals surface area contributed by atoms with Crippen LogP contribution >= 0.6 is 0 Å². The average Bonchev–Trinajstić information content (AvgIpc) is 3.13. The highest BCUT2D eigenvalue weighted by atomic mass is 16.2. The van der Waals surface area contributed by atoms with Gasteiger partial charge in [0.2, 0.25) is 0 Å². The van der Waals surface area contributed by atoms with Crippen LogP contribution in [-0.2, 0) is 4.79 Å². The number of urea groups is 1. The minimum Gasteiger partial charge on any atom is -0.310 e. The van der Waals surface area contributed by atoms with E-state index in [2.05, 4.69) is 12.1 Å². The molecule has 4 nitrogen and oxygen atoms in total. The molecule has 3 amide bonds. The van der Waals surface area contributed by atoms with Crippen molar-refractivity contribution in [1.82, 2.24) is 9.80 Å². The summed E-state index contributed by atoms with van der Waals surface area (Å²) >= 11 is 0. The number of amides is 3. The summed E-state index contributed by atoms with van der Waals surface area (Å²) < 4.78 is 0. The van der Waals surface area contributed by atoms with E-state index in [0.717, 1.165) is 25.8 Å². The Kier molecular flexibility index (Phi) is 2.65. The lowest BCUT2D eigenvalue weighted by Gasteiger charge is -2.22. The van der Waals surface area contributed by atoms with Crippen molar-refractivity contribution < 1.29 is 9.59 Å². The van der Waals surface area contributed by atoms with Gasteiger partial charge in [-0.05, 0) is 43.6 Å². The van der Waals surface area contributed by atoms with Gasteiger partial charge in [0.15, 0.2) is 0 Å². The first-order valence-corrected chi connectivity index (χ1v) is 7.80. The van der Waals surface area contributed by atoms with Crippen LogP contribution in [0.4, 0.5) is 4.79 Å². The van der Waals surface area contributed by atoms with Crippen molar-refractivity contribution in [3.63, 3.8) is 0 Å². The molecular formula is C17H20N2O2. The van der Waals surface area contributed by atoms with Crippen LogP contribution in [0, 0.1) is 5.92 Å². The quantitative estimate of drug-likeness (QED) is 0.801. The minimum atomic E-state index is -0.561. The lowest BCUT2D eigenvalue weighted by atomic mass is 9.99. The van der Waals surface area contributed by atoms with Crippen molar-refractivity contribution in [2.75, 3.05) is 13.1 Å². The second-order valence-corrected chi connectivity index (χ2v) is 6.74. The average molecular weight is 284 g/mol. The normalized spacial score (nSPS) is 34.5. The van der Waals surface area contributed by atoms with Crippen molar-refractivity contribution in [1.29, 1.82) is 0 Å². The molecule has 0 bridgehead atoms. The molecule has 0 N–H and O–H groups in total.